The minimum Gasteiger partial charge on any atom is -0.490 e. The number of allylic oxidation sites excluding steroid dienone is 2. The van der Waals surface area contributed by atoms with Crippen LogP contribution in [0.3, 0.4) is 0 Å². The Morgan fingerprint density at radius 1 is 0.636 bits per heavy atom. The quantitative estimate of drug-likeness (QED) is 0.0866. The van der Waals surface area contributed by atoms with Crippen molar-refractivity contribution in [2.75, 3.05) is 26.4 Å². The van der Waals surface area contributed by atoms with Crippen LogP contribution in [0.25, 0.3) is 21.8 Å². The molecule has 0 saturated carbocycles. The molecule has 0 aliphatic heterocycles. The Morgan fingerprint density at radius 2 is 1.04 bits per heavy atom. The normalized spacial score (nSPS) is 12.7. The number of aromatic nitrogens is 1. The zero-order valence-corrected chi connectivity index (χ0v) is 31.5. The molecule has 0 spiro atoms. The Labute approximate surface area is 321 Å². The summed E-state index contributed by atoms with van der Waals surface area (Å²) in [6.45, 7) is 8.85. The lowest BCUT2D eigenvalue weighted by Crippen LogP contribution is -2.26. The molecule has 0 fully saturated rings. The Morgan fingerprint density at radius 3 is 1.40 bits per heavy atom. The molecule has 0 aliphatic carbocycles. The van der Waals surface area contributed by atoms with Crippen molar-refractivity contribution in [3.8, 4) is 35.2 Å². The van der Waals surface area contributed by atoms with E-state index in [1.807, 2.05) is 98.8 Å². The van der Waals surface area contributed by atoms with Crippen LogP contribution in [0.5, 0.6) is 11.5 Å². The Kier molecular flexibility index (Phi) is 14.3. The zero-order valence-electron chi connectivity index (χ0n) is 31.5. The Hall–Kier alpha value is -6.26. The zero-order chi connectivity index (χ0) is 39.2. The molecule has 0 amide bonds. The molecule has 9 heteroatoms. The number of aliphatic carboxylic acids is 2. The molecule has 0 aliphatic rings. The standard InChI is InChI=1S/C46H45NO8/c1-5-52-43(45(48)49)29-35-11-17-37(18-12-35)54-25-23-31(3)7-9-33-15-21-39-40-22-16-34(28-42(40)47-41(39)27-33)10-8-32(4)24-26-55-38-19-13-36(14-20-38)30-44(46(50)51)53-6-2/h11-24,27-28,43-44,47H,5-6,25-26,29-30H2,1-4H3,(H,48,49)(H,50,51). The maximum absolute atomic E-state index is 11.4. The smallest absolute Gasteiger partial charge is 0.333 e. The van der Waals surface area contributed by atoms with Crippen LogP contribution >= 0.6 is 0 Å². The summed E-state index contributed by atoms with van der Waals surface area (Å²) in [6, 6.07) is 27.0. The number of ether oxygens (including phenoxy) is 4. The van der Waals surface area contributed by atoms with Crippen LogP contribution in [0.15, 0.2) is 108 Å². The molecule has 5 rings (SSSR count). The molecule has 5 aromatic rings. The number of fused-ring (bicyclic) bond motifs is 3. The number of carbonyl (C=O) groups is 2. The van der Waals surface area contributed by atoms with E-state index >= 15 is 0 Å². The lowest BCUT2D eigenvalue weighted by molar-refractivity contribution is -0.150. The maximum Gasteiger partial charge on any atom is 0.333 e. The van der Waals surface area contributed by atoms with Gasteiger partial charge in [0.25, 0.3) is 0 Å². The number of nitrogens with one attached hydrogen (secondary N) is 1. The third-order valence-electron chi connectivity index (χ3n) is 8.66. The molecule has 1 aromatic heterocycles. The van der Waals surface area contributed by atoms with Crippen LogP contribution in [0.4, 0.5) is 0 Å². The van der Waals surface area contributed by atoms with Crippen molar-refractivity contribution in [3.05, 3.63) is 130 Å². The van der Waals surface area contributed by atoms with E-state index in [9.17, 15) is 19.8 Å². The number of H-pyrrole nitrogens is 1. The number of carboxylic acid groups (broad SMARTS) is 2. The van der Waals surface area contributed by atoms with Crippen molar-refractivity contribution in [1.82, 2.24) is 4.98 Å². The van der Waals surface area contributed by atoms with E-state index in [1.54, 1.807) is 13.8 Å². The molecule has 0 bridgehead atoms. The fraction of sp³-hybridized carbons (Fsp3) is 0.261. The van der Waals surface area contributed by atoms with Gasteiger partial charge in [-0.2, -0.15) is 0 Å². The number of aromatic amines is 1. The van der Waals surface area contributed by atoms with Gasteiger partial charge in [0.05, 0.1) is 0 Å². The summed E-state index contributed by atoms with van der Waals surface area (Å²) in [7, 11) is 0. The minimum absolute atomic E-state index is 0.296. The van der Waals surface area contributed by atoms with E-state index in [-0.39, 0.29) is 0 Å². The van der Waals surface area contributed by atoms with Crippen LogP contribution in [0.1, 0.15) is 49.9 Å². The molecule has 2 atom stereocenters. The van der Waals surface area contributed by atoms with Crippen LogP contribution in [-0.4, -0.2) is 65.8 Å². The van der Waals surface area contributed by atoms with Gasteiger partial charge in [0.15, 0.2) is 12.2 Å². The predicted molar refractivity (Wildman–Crippen MR) is 214 cm³/mol. The Balaban J connectivity index is 1.14. The van der Waals surface area contributed by atoms with Gasteiger partial charge < -0.3 is 34.1 Å². The van der Waals surface area contributed by atoms with E-state index in [1.165, 1.54) is 0 Å². The molecular weight excluding hydrogens is 695 g/mol. The first-order valence-electron chi connectivity index (χ1n) is 18.2. The molecule has 3 N–H and O–H groups in total. The van der Waals surface area contributed by atoms with Gasteiger partial charge in [-0.25, -0.2) is 9.59 Å². The van der Waals surface area contributed by atoms with E-state index in [4.69, 9.17) is 18.9 Å². The number of benzene rings is 4. The molecule has 9 nitrogen and oxygen atoms in total. The summed E-state index contributed by atoms with van der Waals surface area (Å²) >= 11 is 0. The SMILES string of the molecule is CCOC(Cc1ccc(OCC=C(C)C#Cc2ccc3c(c2)[nH]c2cc(C#CC(C)=CCOc4ccc(CC(OCC)C(=O)O)cc4)ccc23)cc1)C(=O)O. The fourth-order valence-corrected chi connectivity index (χ4v) is 5.74. The second-order valence-electron chi connectivity index (χ2n) is 12.8. The second-order valence-corrected chi connectivity index (χ2v) is 12.8. The first-order valence-corrected chi connectivity index (χ1v) is 18.2. The van der Waals surface area contributed by atoms with Gasteiger partial charge in [0.2, 0.25) is 0 Å². The van der Waals surface area contributed by atoms with Gasteiger partial charge in [0.1, 0.15) is 24.7 Å². The highest BCUT2D eigenvalue weighted by Gasteiger charge is 2.19. The third-order valence-corrected chi connectivity index (χ3v) is 8.66. The van der Waals surface area contributed by atoms with Crippen LogP contribution < -0.4 is 9.47 Å². The molecule has 0 saturated heterocycles. The third kappa shape index (κ3) is 11.9. The average molecular weight is 740 g/mol. The van der Waals surface area contributed by atoms with E-state index in [2.05, 4.69) is 40.8 Å². The molecule has 2 unspecified atom stereocenters. The van der Waals surface area contributed by atoms with Crippen molar-refractivity contribution in [2.45, 2.75) is 52.7 Å². The van der Waals surface area contributed by atoms with Gasteiger partial charge in [0, 0.05) is 59.0 Å². The van der Waals surface area contributed by atoms with Crippen LogP contribution in [-0.2, 0) is 31.9 Å². The first-order chi connectivity index (χ1) is 26.6. The number of hydrogen-bond acceptors (Lipinski definition) is 6. The van der Waals surface area contributed by atoms with Crippen molar-refractivity contribution < 1.29 is 38.7 Å². The maximum atomic E-state index is 11.4. The number of carboxylic acids is 2. The van der Waals surface area contributed by atoms with E-state index in [0.717, 1.165) is 55.2 Å². The average Bonchev–Trinajstić information content (AvgIpc) is 3.54. The van der Waals surface area contributed by atoms with Gasteiger partial charge in [-0.3, -0.25) is 0 Å². The van der Waals surface area contributed by atoms with Crippen molar-refractivity contribution >= 4 is 33.7 Å². The highest BCUT2D eigenvalue weighted by molar-refractivity contribution is 6.07. The summed E-state index contributed by atoms with van der Waals surface area (Å²) in [5, 5.41) is 20.8. The minimum atomic E-state index is -0.971. The molecule has 282 valence electrons. The molecule has 55 heavy (non-hydrogen) atoms. The van der Waals surface area contributed by atoms with Crippen LogP contribution in [0, 0.1) is 23.7 Å². The summed E-state index contributed by atoms with van der Waals surface area (Å²) in [6.07, 6.45) is 2.71. The molecule has 0 radical (unpaired) electrons. The molecule has 1 heterocycles. The topological polar surface area (TPSA) is 127 Å². The lowest BCUT2D eigenvalue weighted by Gasteiger charge is -2.12. The second kappa shape index (κ2) is 19.7. The summed E-state index contributed by atoms with van der Waals surface area (Å²) in [5.74, 6) is 12.3. The largest absolute Gasteiger partial charge is 0.490 e. The van der Waals surface area contributed by atoms with Crippen LogP contribution in [0.2, 0.25) is 0 Å². The summed E-state index contributed by atoms with van der Waals surface area (Å²) in [5.41, 5.74) is 7.27. The van der Waals surface area contributed by atoms with Crippen molar-refractivity contribution in [1.29, 1.82) is 0 Å². The highest BCUT2D eigenvalue weighted by Crippen LogP contribution is 2.27. The van der Waals surface area contributed by atoms with Crippen molar-refractivity contribution in [2.24, 2.45) is 0 Å². The van der Waals surface area contributed by atoms with Gasteiger partial charge in [-0.05, 0) is 111 Å². The van der Waals surface area contributed by atoms with E-state index in [0.29, 0.717) is 50.8 Å². The van der Waals surface area contributed by atoms with Gasteiger partial charge in [-0.15, -0.1) is 0 Å². The number of rotatable bonds is 16. The monoisotopic (exact) mass is 739 g/mol. The predicted octanol–water partition coefficient (Wildman–Crippen LogP) is 8.14. The highest BCUT2D eigenvalue weighted by atomic mass is 16.5. The van der Waals surface area contributed by atoms with Crippen molar-refractivity contribution in [3.63, 3.8) is 0 Å². The molecular formula is C46H45NO8. The summed E-state index contributed by atoms with van der Waals surface area (Å²) < 4.78 is 22.3. The lowest BCUT2D eigenvalue weighted by atomic mass is 10.1. The molecule has 4 aromatic carbocycles. The fourth-order valence-electron chi connectivity index (χ4n) is 5.74. The van der Waals surface area contributed by atoms with E-state index < -0.39 is 24.1 Å². The summed E-state index contributed by atoms with van der Waals surface area (Å²) in [4.78, 5) is 26.2. The Bertz CT molecular complexity index is 2130. The number of hydrogen-bond donors (Lipinski definition) is 3. The van der Waals surface area contributed by atoms with Gasteiger partial charge in [-0.1, -0.05) is 60.1 Å². The first kappa shape index (κ1) is 39.9. The van der Waals surface area contributed by atoms with Gasteiger partial charge >= 0.3 is 11.9 Å².